The van der Waals surface area contributed by atoms with Crippen molar-refractivity contribution in [2.75, 3.05) is 13.1 Å². The molecule has 0 bridgehead atoms. The highest BCUT2D eigenvalue weighted by Gasteiger charge is 2.34. The molecular weight excluding hydrogens is 1030 g/mol. The summed E-state index contributed by atoms with van der Waals surface area (Å²) in [6, 6.07) is 10.2. The van der Waals surface area contributed by atoms with Crippen molar-refractivity contribution in [2.24, 2.45) is 22.2 Å². The summed E-state index contributed by atoms with van der Waals surface area (Å²) in [5.41, 5.74) is 21.1. The van der Waals surface area contributed by atoms with Crippen molar-refractivity contribution in [3.8, 4) is 5.75 Å². The molecule has 0 fully saturated rings. The third-order valence-electron chi connectivity index (χ3n) is 12.6. The number of phenols is 1. The van der Waals surface area contributed by atoms with E-state index in [1.807, 2.05) is 24.3 Å². The second-order valence-electron chi connectivity index (χ2n) is 18.6. The SMILES string of the molecule is C[C@H](NC(=O)[C@H](Cc1c[nH]c2ccccc12)NC(=O)CNC(=O)[C@H](CCCN=C(N)N)NC(=O)[C@H](CC(=O)O)NC(=O)[C@H](Cc1cnc[nH]1)NC(=O)[C@H](Cc1ccc(O)cc1)NC(=O)[C@@H](N)Cc1c[nH]c2ccccc12)C(=O)O. The Morgan fingerprint density at radius 1 is 0.620 bits per heavy atom. The molecule has 0 spiro atoms. The van der Waals surface area contributed by atoms with Gasteiger partial charge in [0.05, 0.1) is 25.3 Å². The Morgan fingerprint density at radius 2 is 1.16 bits per heavy atom. The summed E-state index contributed by atoms with van der Waals surface area (Å²) in [5.74, 6) is -9.73. The van der Waals surface area contributed by atoms with E-state index in [0.717, 1.165) is 27.4 Å². The first kappa shape index (κ1) is 58.5. The number of aliphatic carboxylic acids is 2. The van der Waals surface area contributed by atoms with Gasteiger partial charge in [0.1, 0.15) is 42.0 Å². The van der Waals surface area contributed by atoms with Gasteiger partial charge in [-0.25, -0.2) is 4.98 Å². The predicted molar refractivity (Wildman–Crippen MR) is 286 cm³/mol. The molecule has 27 heteroatoms. The third kappa shape index (κ3) is 17.4. The van der Waals surface area contributed by atoms with Gasteiger partial charge >= 0.3 is 11.9 Å². The molecule has 3 aromatic carbocycles. The van der Waals surface area contributed by atoms with Gasteiger partial charge in [0.15, 0.2) is 5.96 Å². The molecule has 0 unspecified atom stereocenters. The van der Waals surface area contributed by atoms with E-state index in [1.165, 1.54) is 43.7 Å². The lowest BCUT2D eigenvalue weighted by atomic mass is 10.0. The number of amides is 7. The van der Waals surface area contributed by atoms with Crippen LogP contribution < -0.4 is 54.4 Å². The lowest BCUT2D eigenvalue weighted by Crippen LogP contribution is -2.60. The monoisotopic (exact) mass is 1090 g/mol. The number of rotatable bonds is 29. The first-order valence-corrected chi connectivity index (χ1v) is 24.9. The molecule has 0 aliphatic carbocycles. The molecule has 0 saturated heterocycles. The summed E-state index contributed by atoms with van der Waals surface area (Å²) in [6.45, 7) is 0.444. The number of H-pyrrole nitrogens is 3. The molecule has 6 rings (SSSR count). The number of aliphatic imine (C=N–C) groups is 1. The van der Waals surface area contributed by atoms with E-state index >= 15 is 0 Å². The summed E-state index contributed by atoms with van der Waals surface area (Å²) >= 11 is 0. The smallest absolute Gasteiger partial charge is 0.325 e. The zero-order valence-electron chi connectivity index (χ0n) is 42.8. The number of hydrogen-bond donors (Lipinski definition) is 16. The number of carbonyl (C=O) groups is 9. The normalized spacial score (nSPS) is 13.7. The largest absolute Gasteiger partial charge is 0.508 e. The minimum atomic E-state index is -1.89. The van der Waals surface area contributed by atoms with Gasteiger partial charge in [-0.2, -0.15) is 0 Å². The highest BCUT2D eigenvalue weighted by atomic mass is 16.4. The van der Waals surface area contributed by atoms with Gasteiger partial charge in [0.25, 0.3) is 0 Å². The van der Waals surface area contributed by atoms with Crippen LogP contribution in [0, 0.1) is 0 Å². The lowest BCUT2D eigenvalue weighted by Gasteiger charge is -2.26. The van der Waals surface area contributed by atoms with Gasteiger partial charge in [0.2, 0.25) is 41.4 Å². The second-order valence-corrected chi connectivity index (χ2v) is 18.6. The Kier molecular flexibility index (Phi) is 20.6. The van der Waals surface area contributed by atoms with Crippen LogP contribution in [-0.2, 0) is 68.8 Å². The van der Waals surface area contributed by atoms with Crippen molar-refractivity contribution in [3.05, 3.63) is 120 Å². The molecule has 27 nitrogen and oxygen atoms in total. The first-order chi connectivity index (χ1) is 37.7. The third-order valence-corrected chi connectivity index (χ3v) is 12.6. The van der Waals surface area contributed by atoms with E-state index < -0.39 is 109 Å². The maximum absolute atomic E-state index is 14.3. The Labute approximate surface area is 450 Å². The average molecular weight is 1090 g/mol. The molecule has 3 aromatic heterocycles. The molecule has 6 aromatic rings. The molecule has 19 N–H and O–H groups in total. The molecule has 3 heterocycles. The number of benzene rings is 3. The fourth-order valence-corrected chi connectivity index (χ4v) is 8.43. The molecular formula is C52H63N15O12. The van der Waals surface area contributed by atoms with E-state index in [9.17, 15) is 58.5 Å². The number of nitrogens with two attached hydrogens (primary N) is 3. The van der Waals surface area contributed by atoms with Gasteiger partial charge in [-0.3, -0.25) is 48.1 Å². The number of carboxylic acids is 2. The maximum atomic E-state index is 14.3. The number of carbonyl (C=O) groups excluding carboxylic acids is 7. The second kappa shape index (κ2) is 27.8. The quantitative estimate of drug-likeness (QED) is 0.0142. The van der Waals surface area contributed by atoms with Crippen LogP contribution in [-0.4, -0.2) is 150 Å². The van der Waals surface area contributed by atoms with Gasteiger partial charge in [-0.15, -0.1) is 0 Å². The minimum Gasteiger partial charge on any atom is -0.508 e. The Bertz CT molecular complexity index is 3150. The molecule has 79 heavy (non-hydrogen) atoms. The molecule has 0 aliphatic heterocycles. The Hall–Kier alpha value is -9.79. The van der Waals surface area contributed by atoms with Crippen LogP contribution in [0.5, 0.6) is 5.75 Å². The summed E-state index contributed by atoms with van der Waals surface area (Å²) < 4.78 is 0. The van der Waals surface area contributed by atoms with Crippen molar-refractivity contribution < 1.29 is 58.5 Å². The summed E-state index contributed by atoms with van der Waals surface area (Å²) in [4.78, 5) is 138. The summed E-state index contributed by atoms with van der Waals surface area (Å²) in [5, 5.41) is 48.3. The summed E-state index contributed by atoms with van der Waals surface area (Å²) in [7, 11) is 0. The Balaban J connectivity index is 1.17. The average Bonchev–Trinajstić information content (AvgIpc) is 4.21. The molecule has 7 amide bonds. The number of aromatic hydroxyl groups is 1. The fourth-order valence-electron chi connectivity index (χ4n) is 8.43. The highest BCUT2D eigenvalue weighted by Crippen LogP contribution is 2.21. The van der Waals surface area contributed by atoms with E-state index in [0.29, 0.717) is 16.8 Å². The van der Waals surface area contributed by atoms with E-state index in [-0.39, 0.29) is 56.8 Å². The Morgan fingerprint density at radius 3 is 1.76 bits per heavy atom. The zero-order valence-corrected chi connectivity index (χ0v) is 42.8. The van der Waals surface area contributed by atoms with Crippen LogP contribution >= 0.6 is 0 Å². The number of carboxylic acid groups (broad SMARTS) is 2. The topological polar surface area (TPSA) is 449 Å². The van der Waals surface area contributed by atoms with Crippen LogP contribution in [0.2, 0.25) is 0 Å². The number of fused-ring (bicyclic) bond motifs is 2. The number of aromatic amines is 3. The number of phenolic OH excluding ortho intramolecular Hbond substituents is 1. The van der Waals surface area contributed by atoms with Gasteiger partial charge in [-0.05, 0) is 67.1 Å². The molecule has 7 atom stereocenters. The van der Waals surface area contributed by atoms with E-state index in [4.69, 9.17) is 17.2 Å². The van der Waals surface area contributed by atoms with E-state index in [2.05, 4.69) is 62.1 Å². The van der Waals surface area contributed by atoms with Crippen molar-refractivity contribution in [1.82, 2.24) is 57.2 Å². The maximum Gasteiger partial charge on any atom is 0.325 e. The van der Waals surface area contributed by atoms with Crippen molar-refractivity contribution in [3.63, 3.8) is 0 Å². The fraction of sp³-hybridized carbons (Fsp3) is 0.327. The van der Waals surface area contributed by atoms with Gasteiger partial charge in [0, 0.05) is 71.9 Å². The van der Waals surface area contributed by atoms with Crippen LogP contribution in [0.1, 0.15) is 48.6 Å². The minimum absolute atomic E-state index is 0.0314. The van der Waals surface area contributed by atoms with Gasteiger partial charge < -0.3 is 84.7 Å². The van der Waals surface area contributed by atoms with Crippen LogP contribution in [0.25, 0.3) is 21.8 Å². The molecule has 0 saturated carbocycles. The number of guanidine groups is 1. The number of aromatic nitrogens is 4. The van der Waals surface area contributed by atoms with Crippen molar-refractivity contribution in [1.29, 1.82) is 0 Å². The summed E-state index contributed by atoms with van der Waals surface area (Å²) in [6.07, 6.45) is 4.41. The number of hydrogen-bond acceptors (Lipinski definition) is 13. The van der Waals surface area contributed by atoms with Crippen LogP contribution in [0.3, 0.4) is 0 Å². The molecule has 418 valence electrons. The standard InChI is InChI=1S/C52H63N15O12/c1-27(51(78)79)62-47(74)40(19-30-23-59-37-10-5-3-8-34(30)37)63-43(69)25-60-46(73)38(11-6-16-57-52(54)55)64-50(77)42(21-44(70)71)67-49(76)41(20-31-24-56-26-61-31)66-48(75)39(17-28-12-14-32(68)15-13-28)65-45(72)35(53)18-29-22-58-36-9-4-2-7-33(29)36/h2-5,7-10,12-15,22-24,26-27,35,38-42,58-59,68H,6,11,16-21,25,53H2,1H3,(H,56,61)(H,60,73)(H,62,74)(H,63,69)(H,64,77)(H,65,72)(H,66,75)(H,67,76)(H,70,71)(H,78,79)(H4,54,55,57)/t27-,35-,38-,39-,40-,41-,42-/m0/s1. The number of nitrogens with zero attached hydrogens (tertiary/aromatic N) is 2. The number of nitrogens with one attached hydrogen (secondary N) is 10. The predicted octanol–water partition coefficient (Wildman–Crippen LogP) is -1.67. The number of imidazole rings is 1. The highest BCUT2D eigenvalue weighted by molar-refractivity contribution is 5.98. The van der Waals surface area contributed by atoms with Crippen LogP contribution in [0.15, 0.2) is 103 Å². The van der Waals surface area contributed by atoms with Crippen molar-refractivity contribution in [2.45, 2.75) is 94.2 Å². The van der Waals surface area contributed by atoms with Crippen molar-refractivity contribution >= 4 is 81.1 Å². The van der Waals surface area contributed by atoms with Crippen LogP contribution in [0.4, 0.5) is 0 Å². The van der Waals surface area contributed by atoms with Gasteiger partial charge in [-0.1, -0.05) is 48.5 Å². The first-order valence-electron chi connectivity index (χ1n) is 24.9. The molecule has 0 radical (unpaired) electrons. The lowest BCUT2D eigenvalue weighted by molar-refractivity contribution is -0.142. The zero-order chi connectivity index (χ0) is 57.2. The van der Waals surface area contributed by atoms with E-state index in [1.54, 1.807) is 36.7 Å². The number of para-hydroxylation sites is 2. The molecule has 0 aliphatic rings.